The van der Waals surface area contributed by atoms with Gasteiger partial charge in [0.05, 0.1) is 5.71 Å². The van der Waals surface area contributed by atoms with E-state index in [9.17, 15) is 0 Å². The Hall–Kier alpha value is -7.62. The van der Waals surface area contributed by atoms with Gasteiger partial charge in [0.25, 0.3) is 0 Å². The molecule has 0 amide bonds. The predicted octanol–water partition coefficient (Wildman–Crippen LogP) is 14.5. The molecule has 266 valence electrons. The van der Waals surface area contributed by atoms with Crippen molar-refractivity contribution < 1.29 is 4.42 Å². The van der Waals surface area contributed by atoms with Crippen LogP contribution in [0.1, 0.15) is 16.7 Å². The second kappa shape index (κ2) is 13.3. The third-order valence-corrected chi connectivity index (χ3v) is 11.4. The molecule has 1 N–H and O–H groups in total. The molecule has 0 saturated heterocycles. The van der Waals surface area contributed by atoms with Gasteiger partial charge in [0.1, 0.15) is 11.2 Å². The Labute approximate surface area is 329 Å². The molecule has 0 aliphatic heterocycles. The molecule has 11 rings (SSSR count). The number of aliphatic imine (C=N–C) groups is 1. The van der Waals surface area contributed by atoms with Crippen molar-refractivity contribution in [2.24, 2.45) is 4.99 Å². The fourth-order valence-electron chi connectivity index (χ4n) is 8.73. The minimum Gasteiger partial charge on any atom is -0.456 e. The van der Waals surface area contributed by atoms with Crippen LogP contribution in [0.2, 0.25) is 0 Å². The van der Waals surface area contributed by atoms with Crippen molar-refractivity contribution in [2.45, 2.75) is 0 Å². The molecule has 0 unspecified atom stereocenters. The Morgan fingerprint density at radius 3 is 1.70 bits per heavy atom. The highest BCUT2D eigenvalue weighted by Gasteiger charge is 2.20. The van der Waals surface area contributed by atoms with Gasteiger partial charge in [-0.25, -0.2) is 4.99 Å². The van der Waals surface area contributed by atoms with Gasteiger partial charge < -0.3 is 4.42 Å². The Bertz CT molecular complexity index is 3420. The van der Waals surface area contributed by atoms with E-state index in [2.05, 4.69) is 146 Å². The van der Waals surface area contributed by atoms with Crippen molar-refractivity contribution in [3.63, 3.8) is 0 Å². The number of hydrogen-bond donors (Lipinski definition) is 1. The maximum Gasteiger partial charge on any atom is 0.152 e. The molecule has 1 aromatic heterocycles. The Morgan fingerprint density at radius 1 is 0.404 bits per heavy atom. The normalized spacial score (nSPS) is 12.3. The van der Waals surface area contributed by atoms with E-state index in [1.54, 1.807) is 0 Å². The van der Waals surface area contributed by atoms with Crippen LogP contribution >= 0.6 is 0 Å². The summed E-state index contributed by atoms with van der Waals surface area (Å²) in [6.45, 7) is 0. The SMILES string of the molecule is N=C(N=C(/C=C/c1c2ccccc2c(-c2c3ccccc3cc3c2ccc2ccccc23)c2ccccc12)c1ccc2c(c1)oc1ccccc12)c1ccccc1. The number of para-hydroxylation sites is 1. The van der Waals surface area contributed by atoms with Gasteiger partial charge in [0.15, 0.2) is 5.84 Å². The van der Waals surface area contributed by atoms with Gasteiger partial charge in [-0.05, 0) is 101 Å². The summed E-state index contributed by atoms with van der Waals surface area (Å²) in [6, 6.07) is 66.0. The lowest BCUT2D eigenvalue weighted by molar-refractivity contribution is 0.669. The third-order valence-electron chi connectivity index (χ3n) is 11.4. The highest BCUT2D eigenvalue weighted by atomic mass is 16.3. The lowest BCUT2D eigenvalue weighted by Crippen LogP contribution is -2.03. The fraction of sp³-hybridized carbons (Fsp3) is 0. The summed E-state index contributed by atoms with van der Waals surface area (Å²) in [7, 11) is 0. The van der Waals surface area contributed by atoms with Crippen molar-refractivity contribution in [1.82, 2.24) is 0 Å². The minimum absolute atomic E-state index is 0.195. The monoisotopic (exact) mass is 726 g/mol. The second-order valence-corrected chi connectivity index (χ2v) is 14.6. The van der Waals surface area contributed by atoms with Crippen LogP contribution in [-0.2, 0) is 0 Å². The van der Waals surface area contributed by atoms with Crippen LogP contribution in [0.25, 0.3) is 93.0 Å². The molecule has 0 aliphatic carbocycles. The van der Waals surface area contributed by atoms with Crippen LogP contribution < -0.4 is 0 Å². The Balaban J connectivity index is 1.16. The first-order chi connectivity index (χ1) is 28.2. The first kappa shape index (κ1) is 32.8. The minimum atomic E-state index is 0.195. The highest BCUT2D eigenvalue weighted by Crippen LogP contribution is 2.46. The number of nitrogens with zero attached hydrogens (tertiary/aromatic N) is 1. The van der Waals surface area contributed by atoms with Crippen molar-refractivity contribution in [3.8, 4) is 11.1 Å². The van der Waals surface area contributed by atoms with E-state index in [0.29, 0.717) is 5.71 Å². The zero-order valence-electron chi connectivity index (χ0n) is 30.9. The largest absolute Gasteiger partial charge is 0.456 e. The van der Waals surface area contributed by atoms with Crippen LogP contribution in [0.5, 0.6) is 0 Å². The van der Waals surface area contributed by atoms with E-state index in [-0.39, 0.29) is 5.84 Å². The van der Waals surface area contributed by atoms with E-state index in [4.69, 9.17) is 14.8 Å². The number of hydrogen-bond acceptors (Lipinski definition) is 2. The number of allylic oxidation sites excluding steroid dienone is 1. The Kier molecular flexibility index (Phi) is 7.65. The molecule has 0 spiro atoms. The molecular weight excluding hydrogens is 693 g/mol. The molecule has 11 aromatic rings. The maximum absolute atomic E-state index is 9.07. The number of amidine groups is 1. The van der Waals surface area contributed by atoms with Crippen LogP contribution in [-0.4, -0.2) is 11.5 Å². The number of rotatable bonds is 5. The molecule has 0 aliphatic rings. The lowest BCUT2D eigenvalue weighted by Gasteiger charge is -2.20. The third kappa shape index (κ3) is 5.43. The van der Waals surface area contributed by atoms with Crippen LogP contribution in [0.3, 0.4) is 0 Å². The van der Waals surface area contributed by atoms with Gasteiger partial charge in [-0.3, -0.25) is 5.41 Å². The zero-order chi connectivity index (χ0) is 37.9. The van der Waals surface area contributed by atoms with Gasteiger partial charge in [-0.2, -0.15) is 0 Å². The average molecular weight is 727 g/mol. The van der Waals surface area contributed by atoms with Crippen molar-refractivity contribution in [3.05, 3.63) is 211 Å². The van der Waals surface area contributed by atoms with E-state index in [0.717, 1.165) is 49.4 Å². The van der Waals surface area contributed by atoms with E-state index < -0.39 is 0 Å². The van der Waals surface area contributed by atoms with Crippen molar-refractivity contribution in [1.29, 1.82) is 5.41 Å². The molecule has 57 heavy (non-hydrogen) atoms. The summed E-state index contributed by atoms with van der Waals surface area (Å²) in [5.74, 6) is 0.195. The smallest absolute Gasteiger partial charge is 0.152 e. The molecule has 0 saturated carbocycles. The van der Waals surface area contributed by atoms with Crippen LogP contribution in [0.4, 0.5) is 0 Å². The number of nitrogens with one attached hydrogen (secondary N) is 1. The zero-order valence-corrected chi connectivity index (χ0v) is 30.9. The summed E-state index contributed by atoms with van der Waals surface area (Å²) in [5, 5.41) is 23.3. The van der Waals surface area contributed by atoms with Crippen LogP contribution in [0, 0.1) is 5.41 Å². The number of fused-ring (bicyclic) bond motifs is 9. The summed E-state index contributed by atoms with van der Waals surface area (Å²) in [5.41, 5.74) is 7.51. The quantitative estimate of drug-likeness (QED) is 0.0816. The van der Waals surface area contributed by atoms with Gasteiger partial charge >= 0.3 is 0 Å². The van der Waals surface area contributed by atoms with Crippen molar-refractivity contribution >= 4 is 93.4 Å². The van der Waals surface area contributed by atoms with E-state index in [1.165, 1.54) is 54.2 Å². The predicted molar refractivity (Wildman–Crippen MR) is 242 cm³/mol. The topological polar surface area (TPSA) is 49.4 Å². The first-order valence-corrected chi connectivity index (χ1v) is 19.3. The number of benzene rings is 10. The van der Waals surface area contributed by atoms with Gasteiger partial charge in [0.2, 0.25) is 0 Å². The molecule has 0 fully saturated rings. The number of furan rings is 1. The van der Waals surface area contributed by atoms with E-state index in [1.807, 2.05) is 54.6 Å². The molecule has 0 bridgehead atoms. The molecule has 0 atom stereocenters. The van der Waals surface area contributed by atoms with Gasteiger partial charge in [-0.15, -0.1) is 0 Å². The standard InChI is InChI=1S/C54H34N2O/c55-54(35-15-2-1-3-16-35)56-49(37-27-28-44-43-22-12-13-25-50(43)57-51(44)33-37)31-30-42-40-20-8-10-23-45(40)53(46-24-11-9-21-41(42)46)52-39-19-7-5-17-36(39)32-48-38-18-6-4-14-34(38)26-29-47(48)52/h1-33,55H/b31-30+,55-54?,56-49?. The summed E-state index contributed by atoms with van der Waals surface area (Å²) >= 11 is 0. The first-order valence-electron chi connectivity index (χ1n) is 19.3. The summed E-state index contributed by atoms with van der Waals surface area (Å²) in [4.78, 5) is 4.98. The van der Waals surface area contributed by atoms with Gasteiger partial charge in [0, 0.05) is 21.9 Å². The molecular formula is C54H34N2O. The average Bonchev–Trinajstić information content (AvgIpc) is 3.65. The Morgan fingerprint density at radius 2 is 0.947 bits per heavy atom. The van der Waals surface area contributed by atoms with Crippen molar-refractivity contribution in [2.75, 3.05) is 0 Å². The molecule has 3 nitrogen and oxygen atoms in total. The fourth-order valence-corrected chi connectivity index (χ4v) is 8.73. The molecule has 3 heteroatoms. The summed E-state index contributed by atoms with van der Waals surface area (Å²) in [6.07, 6.45) is 4.25. The van der Waals surface area contributed by atoms with Crippen LogP contribution in [0.15, 0.2) is 204 Å². The second-order valence-electron chi connectivity index (χ2n) is 14.6. The molecule has 10 aromatic carbocycles. The summed E-state index contributed by atoms with van der Waals surface area (Å²) < 4.78 is 6.32. The molecule has 0 radical (unpaired) electrons. The lowest BCUT2D eigenvalue weighted by atomic mass is 9.83. The molecule has 1 heterocycles. The van der Waals surface area contributed by atoms with Gasteiger partial charge in [-0.1, -0.05) is 170 Å². The highest BCUT2D eigenvalue weighted by molar-refractivity contribution is 6.28. The van der Waals surface area contributed by atoms with E-state index >= 15 is 0 Å². The maximum atomic E-state index is 9.07.